The lowest BCUT2D eigenvalue weighted by molar-refractivity contribution is -0.199. The summed E-state index contributed by atoms with van der Waals surface area (Å²) in [6, 6.07) is 0. The molecular formula is C8H16O3. The fourth-order valence-electron chi connectivity index (χ4n) is 1.70. The quantitative estimate of drug-likeness (QED) is 0.535. The van der Waals surface area contributed by atoms with Gasteiger partial charge < -0.3 is 14.9 Å². The Labute approximate surface area is 67.0 Å². The molecule has 0 amide bonds. The molecule has 1 saturated heterocycles. The van der Waals surface area contributed by atoms with E-state index in [4.69, 9.17) is 4.74 Å². The number of aliphatic hydroxyl groups is 2. The molecule has 66 valence electrons. The van der Waals surface area contributed by atoms with Crippen LogP contribution in [-0.4, -0.2) is 34.1 Å². The van der Waals surface area contributed by atoms with Crippen molar-refractivity contribution in [2.75, 3.05) is 0 Å². The Morgan fingerprint density at radius 3 is 2.45 bits per heavy atom. The van der Waals surface area contributed by atoms with Gasteiger partial charge in [-0.05, 0) is 20.8 Å². The molecule has 2 N–H and O–H groups in total. The van der Waals surface area contributed by atoms with Crippen molar-refractivity contribution in [3.63, 3.8) is 0 Å². The molecule has 4 atom stereocenters. The third-order valence-electron chi connectivity index (χ3n) is 2.23. The van der Waals surface area contributed by atoms with E-state index in [1.165, 1.54) is 0 Å². The van der Waals surface area contributed by atoms with Crippen molar-refractivity contribution in [3.05, 3.63) is 0 Å². The fraction of sp³-hybridized carbons (Fsp3) is 1.00. The molecule has 1 rings (SSSR count). The van der Waals surface area contributed by atoms with Crippen LogP contribution in [0.25, 0.3) is 0 Å². The lowest BCUT2D eigenvalue weighted by Gasteiger charge is -2.41. The maximum atomic E-state index is 9.65. The van der Waals surface area contributed by atoms with Crippen molar-refractivity contribution in [3.8, 4) is 0 Å². The maximum Gasteiger partial charge on any atom is 0.108 e. The average molecular weight is 160 g/mol. The number of ether oxygens (including phenoxy) is 1. The largest absolute Gasteiger partial charge is 0.387 e. The summed E-state index contributed by atoms with van der Waals surface area (Å²) in [5.74, 6) is 0. The van der Waals surface area contributed by atoms with Gasteiger partial charge >= 0.3 is 0 Å². The highest BCUT2D eigenvalue weighted by Gasteiger charge is 2.41. The van der Waals surface area contributed by atoms with Gasteiger partial charge in [0.05, 0.1) is 17.8 Å². The summed E-state index contributed by atoms with van der Waals surface area (Å²) in [6.07, 6.45) is -0.505. The van der Waals surface area contributed by atoms with Crippen LogP contribution >= 0.6 is 0 Å². The molecule has 1 aliphatic rings. The third-order valence-corrected chi connectivity index (χ3v) is 2.23. The second-order valence-electron chi connectivity index (χ2n) is 3.66. The zero-order valence-electron chi connectivity index (χ0n) is 7.24. The molecule has 0 aromatic rings. The van der Waals surface area contributed by atoms with Crippen LogP contribution in [0.3, 0.4) is 0 Å². The summed E-state index contributed by atoms with van der Waals surface area (Å²) < 4.78 is 5.32. The predicted molar refractivity (Wildman–Crippen MR) is 41.3 cm³/mol. The summed E-state index contributed by atoms with van der Waals surface area (Å²) in [4.78, 5) is 0. The lowest BCUT2D eigenvalue weighted by Crippen LogP contribution is -2.53. The van der Waals surface area contributed by atoms with Crippen molar-refractivity contribution in [2.45, 2.75) is 51.1 Å². The first-order chi connectivity index (χ1) is 4.93. The van der Waals surface area contributed by atoms with Crippen LogP contribution in [0, 0.1) is 0 Å². The first kappa shape index (κ1) is 8.97. The van der Waals surface area contributed by atoms with Gasteiger partial charge in [-0.15, -0.1) is 0 Å². The van der Waals surface area contributed by atoms with E-state index >= 15 is 0 Å². The molecule has 4 unspecified atom stereocenters. The third kappa shape index (κ3) is 1.72. The minimum Gasteiger partial charge on any atom is -0.387 e. The average Bonchev–Trinajstić information content (AvgIpc) is 1.81. The molecular weight excluding hydrogens is 144 g/mol. The Hall–Kier alpha value is -0.120. The second-order valence-corrected chi connectivity index (χ2v) is 3.66. The van der Waals surface area contributed by atoms with Gasteiger partial charge in [0.2, 0.25) is 0 Å². The Morgan fingerprint density at radius 2 is 2.00 bits per heavy atom. The van der Waals surface area contributed by atoms with Gasteiger partial charge in [-0.1, -0.05) is 0 Å². The van der Waals surface area contributed by atoms with Gasteiger partial charge in [-0.2, -0.15) is 0 Å². The van der Waals surface area contributed by atoms with Crippen LogP contribution in [0.15, 0.2) is 0 Å². The van der Waals surface area contributed by atoms with Crippen LogP contribution < -0.4 is 0 Å². The number of hydrogen-bond donors (Lipinski definition) is 2. The Balaban J connectivity index is 2.67. The highest BCUT2D eigenvalue weighted by atomic mass is 16.5. The maximum absolute atomic E-state index is 9.65. The Bertz CT molecular complexity index is 144. The zero-order chi connectivity index (χ0) is 8.65. The van der Waals surface area contributed by atoms with E-state index < -0.39 is 11.7 Å². The SMILES string of the molecule is CC1CC(C)(O)C(O)C(C)O1. The van der Waals surface area contributed by atoms with E-state index in [0.717, 1.165) is 0 Å². The minimum absolute atomic E-state index is 0.0309. The number of hydrogen-bond acceptors (Lipinski definition) is 3. The molecule has 0 aliphatic carbocycles. The molecule has 0 spiro atoms. The number of aliphatic hydroxyl groups excluding tert-OH is 1. The molecule has 3 nitrogen and oxygen atoms in total. The summed E-state index contributed by atoms with van der Waals surface area (Å²) >= 11 is 0. The van der Waals surface area contributed by atoms with Gasteiger partial charge in [0.1, 0.15) is 6.10 Å². The standard InChI is InChI=1S/C8H16O3/c1-5-4-8(3,10)7(9)6(2)11-5/h5-7,9-10H,4H2,1-3H3. The van der Waals surface area contributed by atoms with Crippen LogP contribution in [-0.2, 0) is 4.74 Å². The molecule has 0 saturated carbocycles. The predicted octanol–water partition coefficient (Wildman–Crippen LogP) is 0.296. The van der Waals surface area contributed by atoms with Crippen LogP contribution in [0.4, 0.5) is 0 Å². The van der Waals surface area contributed by atoms with Gasteiger partial charge in [0.15, 0.2) is 0 Å². The second kappa shape index (κ2) is 2.73. The van der Waals surface area contributed by atoms with E-state index in [1.807, 2.05) is 6.92 Å². The molecule has 3 heteroatoms. The van der Waals surface area contributed by atoms with Crippen molar-refractivity contribution >= 4 is 0 Å². The smallest absolute Gasteiger partial charge is 0.108 e. The number of rotatable bonds is 0. The highest BCUT2D eigenvalue weighted by Crippen LogP contribution is 2.28. The van der Waals surface area contributed by atoms with Gasteiger partial charge in [0, 0.05) is 6.42 Å². The molecule has 1 fully saturated rings. The summed E-state index contributed by atoms with van der Waals surface area (Å²) in [5, 5.41) is 19.1. The molecule has 11 heavy (non-hydrogen) atoms. The van der Waals surface area contributed by atoms with Gasteiger partial charge in [-0.25, -0.2) is 0 Å². The molecule has 1 heterocycles. The molecule has 0 aromatic heterocycles. The molecule has 0 radical (unpaired) electrons. The normalized spacial score (nSPS) is 52.6. The topological polar surface area (TPSA) is 49.7 Å². The molecule has 0 aromatic carbocycles. The summed E-state index contributed by atoms with van der Waals surface area (Å²) in [6.45, 7) is 5.32. The summed E-state index contributed by atoms with van der Waals surface area (Å²) in [7, 11) is 0. The van der Waals surface area contributed by atoms with Gasteiger partial charge in [-0.3, -0.25) is 0 Å². The Kier molecular flexibility index (Phi) is 2.23. The van der Waals surface area contributed by atoms with E-state index in [0.29, 0.717) is 6.42 Å². The first-order valence-electron chi connectivity index (χ1n) is 3.99. The van der Waals surface area contributed by atoms with Gasteiger partial charge in [0.25, 0.3) is 0 Å². The van der Waals surface area contributed by atoms with Crippen LogP contribution in [0.1, 0.15) is 27.2 Å². The first-order valence-corrected chi connectivity index (χ1v) is 3.99. The van der Waals surface area contributed by atoms with E-state index in [1.54, 1.807) is 13.8 Å². The van der Waals surface area contributed by atoms with Crippen molar-refractivity contribution in [2.24, 2.45) is 0 Å². The van der Waals surface area contributed by atoms with E-state index in [9.17, 15) is 10.2 Å². The zero-order valence-corrected chi connectivity index (χ0v) is 7.24. The highest BCUT2D eigenvalue weighted by molar-refractivity contribution is 4.91. The Morgan fingerprint density at radius 1 is 1.45 bits per heavy atom. The van der Waals surface area contributed by atoms with Crippen molar-refractivity contribution in [1.29, 1.82) is 0 Å². The van der Waals surface area contributed by atoms with Crippen LogP contribution in [0.5, 0.6) is 0 Å². The summed E-state index contributed by atoms with van der Waals surface area (Å²) in [5.41, 5.74) is -0.989. The van der Waals surface area contributed by atoms with Crippen LogP contribution in [0.2, 0.25) is 0 Å². The minimum atomic E-state index is -0.989. The van der Waals surface area contributed by atoms with Crippen molar-refractivity contribution < 1.29 is 14.9 Å². The molecule has 0 bridgehead atoms. The lowest BCUT2D eigenvalue weighted by atomic mass is 9.87. The van der Waals surface area contributed by atoms with Crippen molar-refractivity contribution in [1.82, 2.24) is 0 Å². The fourth-order valence-corrected chi connectivity index (χ4v) is 1.70. The van der Waals surface area contributed by atoms with E-state index in [-0.39, 0.29) is 12.2 Å². The van der Waals surface area contributed by atoms with E-state index in [2.05, 4.69) is 0 Å². The molecule has 1 aliphatic heterocycles. The monoisotopic (exact) mass is 160 g/mol.